The van der Waals surface area contributed by atoms with Crippen LogP contribution in [-0.2, 0) is 0 Å². The number of rotatable bonds is 14. The maximum absolute atomic E-state index is 13.3. The van der Waals surface area contributed by atoms with Gasteiger partial charge in [0.05, 0.1) is 18.4 Å². The maximum atomic E-state index is 13.3. The molecule has 3 atom stereocenters. The lowest BCUT2D eigenvalue weighted by Gasteiger charge is -2.16. The third kappa shape index (κ3) is 9.55. The number of aliphatic hydroxyl groups is 2. The monoisotopic (exact) mass is 646 g/mol. The second kappa shape index (κ2) is 14.9. The molecule has 15 heteroatoms. The molecule has 0 fully saturated rings. The third-order valence-electron chi connectivity index (χ3n) is 7.16. The lowest BCUT2D eigenvalue weighted by atomic mass is 9.99. The molecule has 0 bridgehead atoms. The number of halogens is 3. The average molecular weight is 647 g/mol. The molecule has 4 rings (SSSR count). The Morgan fingerprint density at radius 1 is 1.13 bits per heavy atom. The van der Waals surface area contributed by atoms with E-state index in [1.54, 1.807) is 18.3 Å². The van der Waals surface area contributed by atoms with Gasteiger partial charge >= 0.3 is 11.2 Å². The van der Waals surface area contributed by atoms with Gasteiger partial charge in [-0.2, -0.15) is 18.2 Å². The number of nitrogens with zero attached hydrogens (tertiary/aromatic N) is 3. The number of thioether (sulfide) groups is 1. The number of guanidine groups is 1. The predicted molar refractivity (Wildman–Crippen MR) is 170 cm³/mol. The molecule has 0 aliphatic rings. The summed E-state index contributed by atoms with van der Waals surface area (Å²) in [6, 6.07) is 12.9. The smallest absolute Gasteiger partial charge is 0.395 e. The van der Waals surface area contributed by atoms with E-state index in [2.05, 4.69) is 20.3 Å². The molecule has 0 spiro atoms. The van der Waals surface area contributed by atoms with Gasteiger partial charge in [0.2, 0.25) is 0 Å². The van der Waals surface area contributed by atoms with Crippen molar-refractivity contribution in [3.8, 4) is 16.9 Å². The van der Waals surface area contributed by atoms with E-state index < -0.39 is 23.3 Å². The van der Waals surface area contributed by atoms with E-state index >= 15 is 0 Å². The van der Waals surface area contributed by atoms with Gasteiger partial charge < -0.3 is 37.7 Å². The zero-order valence-electron chi connectivity index (χ0n) is 24.6. The fourth-order valence-electron chi connectivity index (χ4n) is 4.77. The molecule has 2 aromatic carbocycles. The number of alkyl halides is 3. The molecule has 0 aliphatic heterocycles. The molecule has 0 unspecified atom stereocenters. The fourth-order valence-corrected chi connectivity index (χ4v) is 5.42. The van der Waals surface area contributed by atoms with E-state index in [4.69, 9.17) is 17.2 Å². The Hall–Kier alpha value is -3.89. The first-order valence-electron chi connectivity index (χ1n) is 14.3. The van der Waals surface area contributed by atoms with E-state index in [0.717, 1.165) is 12.0 Å². The number of aliphatic imine (C=N–C) groups is 1. The summed E-state index contributed by atoms with van der Waals surface area (Å²) in [5.41, 5.74) is 14.3. The van der Waals surface area contributed by atoms with E-state index in [1.807, 2.05) is 31.2 Å². The first-order valence-corrected chi connectivity index (χ1v) is 15.1. The number of H-pyrrole nitrogens is 1. The quantitative estimate of drug-likeness (QED) is 0.0465. The highest BCUT2D eigenvalue weighted by Gasteiger charge is 2.30. The topological polar surface area (TPSA) is 194 Å². The molecule has 2 aromatic heterocycles. The summed E-state index contributed by atoms with van der Waals surface area (Å²) in [7, 11) is 0. The van der Waals surface area contributed by atoms with Gasteiger partial charge in [-0.1, -0.05) is 12.1 Å². The first-order chi connectivity index (χ1) is 21.3. The Bertz CT molecular complexity index is 1670. The molecule has 0 saturated carbocycles. The number of hydrogen-bond acceptors (Lipinski definition) is 8. The molecule has 0 aliphatic carbocycles. The number of nitrogens with one attached hydrogen (secondary N) is 2. The van der Waals surface area contributed by atoms with Crippen LogP contribution in [-0.4, -0.2) is 62.0 Å². The van der Waals surface area contributed by atoms with Crippen LogP contribution < -0.4 is 28.2 Å². The molecule has 242 valence electrons. The highest BCUT2D eigenvalue weighted by Crippen LogP contribution is 2.40. The summed E-state index contributed by atoms with van der Waals surface area (Å²) in [4.78, 5) is 24.0. The van der Waals surface area contributed by atoms with Gasteiger partial charge in [-0.15, -0.1) is 0 Å². The third-order valence-corrected chi connectivity index (χ3v) is 7.87. The second-order valence-electron chi connectivity index (χ2n) is 10.7. The van der Waals surface area contributed by atoms with Gasteiger partial charge in [-0.25, -0.2) is 4.79 Å². The van der Waals surface area contributed by atoms with Crippen molar-refractivity contribution in [3.63, 3.8) is 0 Å². The van der Waals surface area contributed by atoms with Gasteiger partial charge in [0.15, 0.2) is 5.96 Å². The SMILES string of the molecule is C[C@H](NCCCN=C(N)N)c1ccc(-n2cc3cc(-c4cc(SC(F)(F)F)cc([C@H](O)CC[C@H](N)CO)c4)[nH]c3nc2=O)cc1. The molecule has 10 N–H and O–H groups in total. The van der Waals surface area contributed by atoms with Gasteiger partial charge in [0.25, 0.3) is 0 Å². The van der Waals surface area contributed by atoms with Crippen LogP contribution in [0.2, 0.25) is 0 Å². The van der Waals surface area contributed by atoms with E-state index in [1.165, 1.54) is 16.7 Å². The molecule has 11 nitrogen and oxygen atoms in total. The van der Waals surface area contributed by atoms with Crippen molar-refractivity contribution >= 4 is 28.8 Å². The van der Waals surface area contributed by atoms with E-state index in [-0.39, 0.29) is 59.3 Å². The minimum absolute atomic E-state index is 0.0453. The van der Waals surface area contributed by atoms with Crippen LogP contribution in [0.1, 0.15) is 49.5 Å². The van der Waals surface area contributed by atoms with Gasteiger partial charge in [-0.05, 0) is 97.6 Å². The molecule has 0 radical (unpaired) electrons. The molecule has 2 heterocycles. The fraction of sp³-hybridized carbons (Fsp3) is 0.367. The molecular weight excluding hydrogens is 609 g/mol. The van der Waals surface area contributed by atoms with Crippen molar-refractivity contribution < 1.29 is 23.4 Å². The molecule has 4 aromatic rings. The summed E-state index contributed by atoms with van der Waals surface area (Å²) < 4.78 is 41.3. The zero-order chi connectivity index (χ0) is 32.7. The minimum atomic E-state index is -4.54. The molecular formula is C30H37F3N8O3S. The maximum Gasteiger partial charge on any atom is 0.446 e. The lowest BCUT2D eigenvalue weighted by Crippen LogP contribution is -2.24. The number of aromatic amines is 1. The number of fused-ring (bicyclic) bond motifs is 1. The highest BCUT2D eigenvalue weighted by atomic mass is 32.2. The molecule has 0 saturated heterocycles. The zero-order valence-corrected chi connectivity index (χ0v) is 25.4. The summed E-state index contributed by atoms with van der Waals surface area (Å²) in [5, 5.41) is 23.9. The summed E-state index contributed by atoms with van der Waals surface area (Å²) >= 11 is -0.289. The van der Waals surface area contributed by atoms with Crippen LogP contribution in [0, 0.1) is 0 Å². The Morgan fingerprint density at radius 2 is 1.87 bits per heavy atom. The van der Waals surface area contributed by atoms with Crippen LogP contribution >= 0.6 is 11.8 Å². The summed E-state index contributed by atoms with van der Waals surface area (Å²) in [6.45, 7) is 3.00. The first kappa shape index (κ1) is 34.0. The lowest BCUT2D eigenvalue weighted by molar-refractivity contribution is -0.0328. The van der Waals surface area contributed by atoms with Gasteiger partial charge in [-0.3, -0.25) is 9.56 Å². The van der Waals surface area contributed by atoms with Crippen molar-refractivity contribution in [3.05, 3.63) is 76.3 Å². The van der Waals surface area contributed by atoms with Crippen LogP contribution in [0.15, 0.2) is 69.4 Å². The number of nitrogens with two attached hydrogens (primary N) is 3. The van der Waals surface area contributed by atoms with Crippen molar-refractivity contribution in [1.82, 2.24) is 19.9 Å². The summed E-state index contributed by atoms with van der Waals surface area (Å²) in [5.74, 6) is 0.0628. The predicted octanol–water partition coefficient (Wildman–Crippen LogP) is 3.44. The number of hydrogen-bond donors (Lipinski definition) is 7. The summed E-state index contributed by atoms with van der Waals surface area (Å²) in [6.07, 6.45) is 1.72. The van der Waals surface area contributed by atoms with E-state index in [0.29, 0.717) is 35.4 Å². The van der Waals surface area contributed by atoms with E-state index in [9.17, 15) is 28.2 Å². The Morgan fingerprint density at radius 3 is 2.53 bits per heavy atom. The van der Waals surface area contributed by atoms with Crippen molar-refractivity contribution in [2.24, 2.45) is 22.2 Å². The Balaban J connectivity index is 1.58. The minimum Gasteiger partial charge on any atom is -0.395 e. The van der Waals surface area contributed by atoms with Crippen molar-refractivity contribution in [1.29, 1.82) is 0 Å². The number of aromatic nitrogens is 3. The number of benzene rings is 2. The Labute approximate surface area is 261 Å². The molecule has 0 amide bonds. The standard InChI is InChI=1S/C30H37F3N8O3S/c1-17(37-9-2-10-38-28(35)36)18-3-6-23(7-4-18)41-15-21-14-25(39-27(21)40-29(41)44)19-11-20(26(43)8-5-22(34)16-42)13-24(12-19)45-30(31,32)33/h3-4,6-7,11-15,17,22,26,37,42-43H,2,5,8-10,16,34H2,1H3,(H4,35,36,38)(H,39,40,44)/t17-,22-,26+/m0/s1. The van der Waals surface area contributed by atoms with Crippen LogP contribution in [0.25, 0.3) is 28.0 Å². The second-order valence-corrected chi connectivity index (χ2v) is 11.8. The van der Waals surface area contributed by atoms with Crippen LogP contribution in [0.4, 0.5) is 13.2 Å². The molecule has 45 heavy (non-hydrogen) atoms. The highest BCUT2D eigenvalue weighted by molar-refractivity contribution is 8.00. The normalized spacial score (nSPS) is 13.9. The largest absolute Gasteiger partial charge is 0.446 e. The van der Waals surface area contributed by atoms with Crippen molar-refractivity contribution in [2.45, 2.75) is 54.8 Å². The van der Waals surface area contributed by atoms with Crippen molar-refractivity contribution in [2.75, 3.05) is 19.7 Å². The van der Waals surface area contributed by atoms with Gasteiger partial charge in [0.1, 0.15) is 5.65 Å². The van der Waals surface area contributed by atoms with Crippen LogP contribution in [0.3, 0.4) is 0 Å². The van der Waals surface area contributed by atoms with Gasteiger partial charge in [0, 0.05) is 40.8 Å². The average Bonchev–Trinajstić information content (AvgIpc) is 3.40. The van der Waals surface area contributed by atoms with Crippen LogP contribution in [0.5, 0.6) is 0 Å². The number of aliphatic hydroxyl groups excluding tert-OH is 2. The Kier molecular flexibility index (Phi) is 11.3.